The van der Waals surface area contributed by atoms with Crippen molar-refractivity contribution in [2.45, 2.75) is 32.3 Å². The topological polar surface area (TPSA) is 35.2 Å². The van der Waals surface area contributed by atoms with Crippen LogP contribution < -0.4 is 10.5 Å². The Morgan fingerprint density at radius 2 is 2.00 bits per heavy atom. The molecule has 1 fully saturated rings. The number of benzene rings is 1. The molecule has 0 amide bonds. The van der Waals surface area contributed by atoms with Crippen LogP contribution in [0.5, 0.6) is 5.75 Å². The zero-order valence-electron chi connectivity index (χ0n) is 8.84. The first-order chi connectivity index (χ1) is 6.65. The molecule has 0 unspecified atom stereocenters. The number of ether oxygens (including phenoxy) is 1. The number of hydrogen-bond donors (Lipinski definition) is 1. The molecule has 2 heteroatoms. The first-order valence-electron chi connectivity index (χ1n) is 5.12. The molecule has 0 atom stereocenters. The molecule has 0 radical (unpaired) electrons. The lowest BCUT2D eigenvalue weighted by Gasteiger charge is -2.16. The minimum absolute atomic E-state index is 0.0400. The van der Waals surface area contributed by atoms with Gasteiger partial charge in [-0.05, 0) is 49.9 Å². The van der Waals surface area contributed by atoms with Crippen molar-refractivity contribution in [2.24, 2.45) is 5.73 Å². The molecule has 14 heavy (non-hydrogen) atoms. The third kappa shape index (κ3) is 1.75. The first kappa shape index (κ1) is 9.53. The van der Waals surface area contributed by atoms with E-state index < -0.39 is 0 Å². The Morgan fingerprint density at radius 1 is 1.29 bits per heavy atom. The maximum absolute atomic E-state index is 5.87. The van der Waals surface area contributed by atoms with E-state index in [0.29, 0.717) is 6.54 Å². The van der Waals surface area contributed by atoms with Crippen molar-refractivity contribution >= 4 is 0 Å². The van der Waals surface area contributed by atoms with Gasteiger partial charge in [-0.1, -0.05) is 6.07 Å². The van der Waals surface area contributed by atoms with Crippen molar-refractivity contribution in [3.63, 3.8) is 0 Å². The van der Waals surface area contributed by atoms with Crippen LogP contribution in [0.3, 0.4) is 0 Å². The average molecular weight is 191 g/mol. The molecular weight excluding hydrogens is 174 g/mol. The summed E-state index contributed by atoms with van der Waals surface area (Å²) in [4.78, 5) is 0. The van der Waals surface area contributed by atoms with Crippen molar-refractivity contribution in [3.8, 4) is 5.75 Å². The number of hydrogen-bond acceptors (Lipinski definition) is 2. The van der Waals surface area contributed by atoms with Gasteiger partial charge in [-0.2, -0.15) is 0 Å². The van der Waals surface area contributed by atoms with E-state index in [1.807, 2.05) is 6.07 Å². The van der Waals surface area contributed by atoms with E-state index in [9.17, 15) is 0 Å². The quantitative estimate of drug-likeness (QED) is 0.794. The van der Waals surface area contributed by atoms with Crippen molar-refractivity contribution in [3.05, 3.63) is 29.3 Å². The van der Waals surface area contributed by atoms with Gasteiger partial charge in [-0.3, -0.25) is 0 Å². The lowest BCUT2D eigenvalue weighted by molar-refractivity contribution is 0.187. The van der Waals surface area contributed by atoms with Gasteiger partial charge < -0.3 is 10.5 Å². The van der Waals surface area contributed by atoms with Gasteiger partial charge in [-0.25, -0.2) is 0 Å². The smallest absolute Gasteiger partial charge is 0.121 e. The van der Waals surface area contributed by atoms with E-state index in [2.05, 4.69) is 26.0 Å². The van der Waals surface area contributed by atoms with Gasteiger partial charge in [0.2, 0.25) is 0 Å². The van der Waals surface area contributed by atoms with E-state index in [0.717, 1.165) is 18.6 Å². The molecule has 2 N–H and O–H groups in total. The number of aryl methyl sites for hydroxylation is 2. The summed E-state index contributed by atoms with van der Waals surface area (Å²) in [5.41, 5.74) is 8.19. The second kappa shape index (κ2) is 3.28. The Balaban J connectivity index is 2.14. The fourth-order valence-electron chi connectivity index (χ4n) is 1.51. The molecule has 0 saturated heterocycles. The van der Waals surface area contributed by atoms with Crippen LogP contribution in [-0.4, -0.2) is 12.1 Å². The minimum atomic E-state index is -0.0400. The summed E-state index contributed by atoms with van der Waals surface area (Å²) in [6.45, 7) is 4.83. The second-order valence-corrected chi connectivity index (χ2v) is 4.24. The van der Waals surface area contributed by atoms with E-state index in [4.69, 9.17) is 10.5 Å². The van der Waals surface area contributed by atoms with Crippen molar-refractivity contribution in [2.75, 3.05) is 6.54 Å². The van der Waals surface area contributed by atoms with E-state index in [-0.39, 0.29) is 5.60 Å². The molecule has 2 rings (SSSR count). The Hall–Kier alpha value is -1.02. The average Bonchev–Trinajstić information content (AvgIpc) is 2.93. The SMILES string of the molecule is Cc1ccc(OC2(CN)CC2)cc1C. The molecule has 1 aromatic rings. The first-order valence-corrected chi connectivity index (χ1v) is 5.12. The van der Waals surface area contributed by atoms with Gasteiger partial charge in [0.1, 0.15) is 11.4 Å². The Kier molecular flexibility index (Phi) is 2.23. The molecule has 1 aliphatic carbocycles. The monoisotopic (exact) mass is 191 g/mol. The largest absolute Gasteiger partial charge is 0.486 e. The van der Waals surface area contributed by atoms with Gasteiger partial charge in [0, 0.05) is 6.54 Å². The van der Waals surface area contributed by atoms with Crippen LogP contribution >= 0.6 is 0 Å². The van der Waals surface area contributed by atoms with E-state index in [1.54, 1.807) is 0 Å². The van der Waals surface area contributed by atoms with Crippen LogP contribution in [0.1, 0.15) is 24.0 Å². The van der Waals surface area contributed by atoms with Crippen molar-refractivity contribution < 1.29 is 4.74 Å². The van der Waals surface area contributed by atoms with Crippen molar-refractivity contribution in [1.82, 2.24) is 0 Å². The molecule has 0 aromatic heterocycles. The van der Waals surface area contributed by atoms with Gasteiger partial charge in [0.05, 0.1) is 0 Å². The highest BCUT2D eigenvalue weighted by atomic mass is 16.5. The van der Waals surface area contributed by atoms with E-state index >= 15 is 0 Å². The van der Waals surface area contributed by atoms with E-state index in [1.165, 1.54) is 11.1 Å². The van der Waals surface area contributed by atoms with Crippen LogP contribution in [-0.2, 0) is 0 Å². The molecule has 1 aliphatic rings. The van der Waals surface area contributed by atoms with Crippen molar-refractivity contribution in [1.29, 1.82) is 0 Å². The molecule has 1 aromatic carbocycles. The Labute approximate surface area is 85.1 Å². The maximum atomic E-state index is 5.87. The van der Waals surface area contributed by atoms with Crippen LogP contribution in [0.2, 0.25) is 0 Å². The highest BCUT2D eigenvalue weighted by Crippen LogP contribution is 2.39. The van der Waals surface area contributed by atoms with Crippen LogP contribution in [0, 0.1) is 13.8 Å². The third-order valence-electron chi connectivity index (χ3n) is 2.99. The highest BCUT2D eigenvalue weighted by molar-refractivity contribution is 5.34. The summed E-state index contributed by atoms with van der Waals surface area (Å²) < 4.78 is 5.87. The molecule has 0 bridgehead atoms. The van der Waals surface area contributed by atoms with Gasteiger partial charge in [-0.15, -0.1) is 0 Å². The zero-order valence-corrected chi connectivity index (χ0v) is 8.84. The molecule has 0 aliphatic heterocycles. The fourth-order valence-corrected chi connectivity index (χ4v) is 1.51. The molecular formula is C12H17NO. The van der Waals surface area contributed by atoms with Gasteiger partial charge >= 0.3 is 0 Å². The lowest BCUT2D eigenvalue weighted by atomic mass is 10.1. The normalized spacial score (nSPS) is 17.9. The fraction of sp³-hybridized carbons (Fsp3) is 0.500. The lowest BCUT2D eigenvalue weighted by Crippen LogP contribution is -2.28. The predicted molar refractivity (Wildman–Crippen MR) is 57.6 cm³/mol. The molecule has 0 heterocycles. The van der Waals surface area contributed by atoms with Gasteiger partial charge in [0.25, 0.3) is 0 Å². The Morgan fingerprint density at radius 3 is 2.50 bits per heavy atom. The summed E-state index contributed by atoms with van der Waals surface area (Å²) in [5, 5.41) is 0. The number of nitrogens with two attached hydrogens (primary N) is 1. The molecule has 2 nitrogen and oxygen atoms in total. The summed E-state index contributed by atoms with van der Waals surface area (Å²) in [6, 6.07) is 6.21. The van der Waals surface area contributed by atoms with Crippen LogP contribution in [0.4, 0.5) is 0 Å². The Bertz CT molecular complexity index is 342. The van der Waals surface area contributed by atoms with Crippen LogP contribution in [0.25, 0.3) is 0 Å². The predicted octanol–water partition coefficient (Wildman–Crippen LogP) is 2.17. The summed E-state index contributed by atoms with van der Waals surface area (Å²) in [5.74, 6) is 0.955. The zero-order chi connectivity index (χ0) is 10.2. The van der Waals surface area contributed by atoms with Crippen LogP contribution in [0.15, 0.2) is 18.2 Å². The molecule has 0 spiro atoms. The summed E-state index contributed by atoms with van der Waals surface area (Å²) in [6.07, 6.45) is 2.19. The number of rotatable bonds is 3. The highest BCUT2D eigenvalue weighted by Gasteiger charge is 2.44. The summed E-state index contributed by atoms with van der Waals surface area (Å²) in [7, 11) is 0. The maximum Gasteiger partial charge on any atom is 0.121 e. The third-order valence-corrected chi connectivity index (χ3v) is 2.99. The minimum Gasteiger partial charge on any atom is -0.486 e. The molecule has 76 valence electrons. The standard InChI is InChI=1S/C12H17NO/c1-9-3-4-11(7-10(9)2)14-12(8-13)5-6-12/h3-4,7H,5-6,8,13H2,1-2H3. The summed E-state index contributed by atoms with van der Waals surface area (Å²) >= 11 is 0. The molecule has 1 saturated carbocycles. The second-order valence-electron chi connectivity index (χ2n) is 4.24. The van der Waals surface area contributed by atoms with Gasteiger partial charge in [0.15, 0.2) is 0 Å².